The number of nitrogens with zero attached hydrogens (tertiary/aromatic N) is 3. The van der Waals surface area contributed by atoms with Gasteiger partial charge in [0.2, 0.25) is 5.91 Å². The minimum Gasteiger partial charge on any atom is -0.395 e. The molecule has 3 rings (SSSR count). The van der Waals surface area contributed by atoms with E-state index in [1.54, 1.807) is 32.9 Å². The molecule has 2 aromatic heterocycles. The van der Waals surface area contributed by atoms with Gasteiger partial charge in [-0.05, 0) is 74.3 Å². The van der Waals surface area contributed by atoms with Crippen molar-refractivity contribution in [3.05, 3.63) is 70.7 Å². The van der Waals surface area contributed by atoms with Crippen LogP contribution >= 0.6 is 11.5 Å². The average molecular weight is 471 g/mol. The lowest BCUT2D eigenvalue weighted by atomic mass is 10.0. The zero-order chi connectivity index (χ0) is 24.3. The van der Waals surface area contributed by atoms with Gasteiger partial charge in [0.25, 0.3) is 11.8 Å². The van der Waals surface area contributed by atoms with Crippen LogP contribution in [0.15, 0.2) is 48.8 Å². The highest BCUT2D eigenvalue weighted by Crippen LogP contribution is 2.33. The first-order valence-electron chi connectivity index (χ1n) is 9.85. The van der Waals surface area contributed by atoms with Crippen molar-refractivity contribution >= 4 is 40.6 Å². The molecule has 0 aliphatic rings. The van der Waals surface area contributed by atoms with Crippen LogP contribution in [0, 0.1) is 5.82 Å². The number of carbonyl (C=O) groups excluding carboxylic acids is 3. The van der Waals surface area contributed by atoms with Crippen molar-refractivity contribution in [3.63, 3.8) is 0 Å². The largest absolute Gasteiger partial charge is 0.395 e. The van der Waals surface area contributed by atoms with E-state index in [0.717, 1.165) is 0 Å². The Bertz CT molecular complexity index is 1180. The maximum atomic E-state index is 13.7. The molecule has 2 heterocycles. The summed E-state index contributed by atoms with van der Waals surface area (Å²) in [5.41, 5.74) is 10.9. The topological polar surface area (TPSA) is 144 Å². The Hall–Kier alpha value is -3.86. The van der Waals surface area contributed by atoms with Crippen LogP contribution in [0.3, 0.4) is 0 Å². The summed E-state index contributed by atoms with van der Waals surface area (Å²) < 4.78 is 17.6. The molecule has 1 unspecified atom stereocenters. The Morgan fingerprint density at radius 3 is 2.21 bits per heavy atom. The Kier molecular flexibility index (Phi) is 6.73. The second kappa shape index (κ2) is 9.33. The molecule has 0 aliphatic heterocycles. The van der Waals surface area contributed by atoms with Gasteiger partial charge >= 0.3 is 0 Å². The van der Waals surface area contributed by atoms with Crippen molar-refractivity contribution < 1.29 is 18.8 Å². The minimum absolute atomic E-state index is 0.0734. The number of aromatic nitrogens is 2. The molecule has 0 aliphatic carbocycles. The first-order chi connectivity index (χ1) is 15.5. The van der Waals surface area contributed by atoms with E-state index >= 15 is 0 Å². The van der Waals surface area contributed by atoms with Crippen LogP contribution in [0.5, 0.6) is 0 Å². The third kappa shape index (κ3) is 5.32. The van der Waals surface area contributed by atoms with Crippen LogP contribution in [-0.4, -0.2) is 32.6 Å². The normalized spacial score (nSPS) is 12.1. The summed E-state index contributed by atoms with van der Waals surface area (Å²) in [5.74, 6) is -2.58. The standard InChI is InChI=1S/C22H23FN6O3S/c1-22(2,3)27-20(31)17(12-8-10-26-11-9-12)29(14-6-4-13(23)5-7-14)21(32)18-15(24)16(19(25)30)28-33-18/h4-11,17H,24H2,1-3H3,(H2,25,30)(H,27,31). The number of rotatable bonds is 6. The number of amides is 3. The lowest BCUT2D eigenvalue weighted by Gasteiger charge is -2.33. The predicted molar refractivity (Wildman–Crippen MR) is 123 cm³/mol. The summed E-state index contributed by atoms with van der Waals surface area (Å²) in [7, 11) is 0. The van der Waals surface area contributed by atoms with Gasteiger partial charge in [-0.3, -0.25) is 24.3 Å². The van der Waals surface area contributed by atoms with Crippen molar-refractivity contribution in [1.29, 1.82) is 0 Å². The molecule has 0 bridgehead atoms. The maximum Gasteiger partial charge on any atom is 0.273 e. The Labute approximate surface area is 193 Å². The summed E-state index contributed by atoms with van der Waals surface area (Å²) in [6, 6.07) is 7.13. The van der Waals surface area contributed by atoms with Gasteiger partial charge in [-0.2, -0.15) is 4.37 Å². The second-order valence-corrected chi connectivity index (χ2v) is 8.99. The molecule has 0 saturated carbocycles. The molecule has 172 valence electrons. The number of pyridine rings is 1. The van der Waals surface area contributed by atoms with E-state index < -0.39 is 35.1 Å². The van der Waals surface area contributed by atoms with Crippen molar-refractivity contribution in [2.75, 3.05) is 10.6 Å². The van der Waals surface area contributed by atoms with Crippen molar-refractivity contribution in [3.8, 4) is 0 Å². The van der Waals surface area contributed by atoms with Gasteiger partial charge < -0.3 is 16.8 Å². The highest BCUT2D eigenvalue weighted by atomic mass is 32.1. The first-order valence-corrected chi connectivity index (χ1v) is 10.6. The lowest BCUT2D eigenvalue weighted by Crippen LogP contribution is -2.49. The summed E-state index contributed by atoms with van der Waals surface area (Å²) >= 11 is 0.691. The Morgan fingerprint density at radius 2 is 1.70 bits per heavy atom. The number of nitrogens with one attached hydrogen (secondary N) is 1. The van der Waals surface area contributed by atoms with Crippen LogP contribution < -0.4 is 21.7 Å². The predicted octanol–water partition coefficient (Wildman–Crippen LogP) is 2.66. The monoisotopic (exact) mass is 470 g/mol. The smallest absolute Gasteiger partial charge is 0.273 e. The molecular formula is C22H23FN6O3S. The second-order valence-electron chi connectivity index (χ2n) is 8.21. The molecule has 0 spiro atoms. The number of halogens is 1. The molecule has 0 radical (unpaired) electrons. The molecule has 3 amide bonds. The maximum absolute atomic E-state index is 13.7. The van der Waals surface area contributed by atoms with Gasteiger partial charge in [0, 0.05) is 23.6 Å². The Balaban J connectivity index is 2.21. The summed E-state index contributed by atoms with van der Waals surface area (Å²) in [4.78, 5) is 43.9. The van der Waals surface area contributed by atoms with Gasteiger partial charge in [-0.1, -0.05) is 0 Å². The molecule has 33 heavy (non-hydrogen) atoms. The summed E-state index contributed by atoms with van der Waals surface area (Å²) in [5, 5.41) is 2.88. The SMILES string of the molecule is CC(C)(C)NC(=O)C(c1ccncc1)N(C(=O)c1snc(C(N)=O)c1N)c1ccc(F)cc1. The Morgan fingerprint density at radius 1 is 1.09 bits per heavy atom. The summed E-state index contributed by atoms with van der Waals surface area (Å²) in [6.07, 6.45) is 2.98. The lowest BCUT2D eigenvalue weighted by molar-refractivity contribution is -0.123. The molecule has 0 saturated heterocycles. The van der Waals surface area contributed by atoms with E-state index in [1.807, 2.05) is 0 Å². The molecule has 5 N–H and O–H groups in total. The van der Waals surface area contributed by atoms with Gasteiger partial charge in [0.1, 0.15) is 16.7 Å². The van der Waals surface area contributed by atoms with Crippen LogP contribution in [0.1, 0.15) is 52.5 Å². The molecular weight excluding hydrogens is 447 g/mol. The van der Waals surface area contributed by atoms with Crippen LogP contribution in [0.2, 0.25) is 0 Å². The van der Waals surface area contributed by atoms with Crippen molar-refractivity contribution in [2.24, 2.45) is 5.73 Å². The molecule has 0 fully saturated rings. The number of benzene rings is 1. The van der Waals surface area contributed by atoms with Crippen LogP contribution in [0.25, 0.3) is 0 Å². The van der Waals surface area contributed by atoms with E-state index in [-0.39, 0.29) is 21.9 Å². The molecule has 11 heteroatoms. The average Bonchev–Trinajstić information content (AvgIpc) is 3.13. The van der Waals surface area contributed by atoms with Gasteiger partial charge in [0.15, 0.2) is 5.69 Å². The molecule has 1 atom stereocenters. The number of primary amides is 1. The minimum atomic E-state index is -1.16. The van der Waals surface area contributed by atoms with Crippen LogP contribution in [0.4, 0.5) is 15.8 Å². The summed E-state index contributed by atoms with van der Waals surface area (Å²) in [6.45, 7) is 5.41. The van der Waals surface area contributed by atoms with E-state index in [4.69, 9.17) is 11.5 Å². The highest BCUT2D eigenvalue weighted by molar-refractivity contribution is 7.09. The quantitative estimate of drug-likeness (QED) is 0.505. The van der Waals surface area contributed by atoms with Gasteiger partial charge in [-0.15, -0.1) is 0 Å². The fourth-order valence-corrected chi connectivity index (χ4v) is 3.87. The zero-order valence-corrected chi connectivity index (χ0v) is 19.0. The fraction of sp³-hybridized carbons (Fsp3) is 0.227. The van der Waals surface area contributed by atoms with E-state index in [1.165, 1.54) is 41.6 Å². The van der Waals surface area contributed by atoms with Crippen LogP contribution in [-0.2, 0) is 4.79 Å². The fourth-order valence-electron chi connectivity index (χ4n) is 3.13. The number of nitrogen functional groups attached to an aromatic ring is 1. The van der Waals surface area contributed by atoms with Gasteiger partial charge in [-0.25, -0.2) is 4.39 Å². The number of carbonyl (C=O) groups is 3. The van der Waals surface area contributed by atoms with E-state index in [2.05, 4.69) is 14.7 Å². The number of hydrogen-bond acceptors (Lipinski definition) is 7. The zero-order valence-electron chi connectivity index (χ0n) is 18.2. The van der Waals surface area contributed by atoms with Crippen molar-refractivity contribution in [1.82, 2.24) is 14.7 Å². The number of anilines is 2. The van der Waals surface area contributed by atoms with Gasteiger partial charge in [0.05, 0.1) is 5.69 Å². The molecule has 1 aromatic carbocycles. The molecule has 3 aromatic rings. The number of nitrogens with two attached hydrogens (primary N) is 2. The number of hydrogen-bond donors (Lipinski definition) is 3. The van der Waals surface area contributed by atoms with Crippen molar-refractivity contribution in [2.45, 2.75) is 32.4 Å². The highest BCUT2D eigenvalue weighted by Gasteiger charge is 2.37. The molecule has 9 nitrogen and oxygen atoms in total. The van der Waals surface area contributed by atoms with E-state index in [9.17, 15) is 18.8 Å². The van der Waals surface area contributed by atoms with E-state index in [0.29, 0.717) is 17.1 Å². The first kappa shape index (κ1) is 23.8. The third-order valence-electron chi connectivity index (χ3n) is 4.51. The third-order valence-corrected chi connectivity index (χ3v) is 5.36.